The maximum Gasteiger partial charge on any atom is 0.259 e. The number of benzene rings is 2. The lowest BCUT2D eigenvalue weighted by Gasteiger charge is -2.10. The first kappa shape index (κ1) is 15.2. The fraction of sp³-hybridized carbons (Fsp3) is 0.125. The standard InChI is InChI=1S/C16H14N2O4S/c1-22-10-7-8-12(14(9-10)23(2,20)21)15-17-13-6-4-3-5-11(13)16(19)18-15/h3-9H,1-2H3,(H,17,18,19). The Morgan fingerprint density at radius 1 is 1.13 bits per heavy atom. The summed E-state index contributed by atoms with van der Waals surface area (Å²) in [5, 5.41) is 0.450. The number of H-pyrrole nitrogens is 1. The van der Waals surface area contributed by atoms with Crippen molar-refractivity contribution in [2.75, 3.05) is 13.4 Å². The molecule has 0 aliphatic rings. The Morgan fingerprint density at radius 3 is 2.57 bits per heavy atom. The number of aromatic amines is 1. The highest BCUT2D eigenvalue weighted by atomic mass is 32.2. The van der Waals surface area contributed by atoms with Crippen molar-refractivity contribution in [3.05, 3.63) is 52.8 Å². The van der Waals surface area contributed by atoms with E-state index in [1.165, 1.54) is 13.2 Å². The Labute approximate surface area is 132 Å². The van der Waals surface area contributed by atoms with E-state index in [-0.39, 0.29) is 16.3 Å². The number of methoxy groups -OCH3 is 1. The summed E-state index contributed by atoms with van der Waals surface area (Å²) in [5.41, 5.74) is 0.513. The first-order valence-electron chi connectivity index (χ1n) is 6.77. The van der Waals surface area contributed by atoms with Crippen LogP contribution in [0.25, 0.3) is 22.3 Å². The van der Waals surface area contributed by atoms with Crippen molar-refractivity contribution < 1.29 is 13.2 Å². The zero-order valence-electron chi connectivity index (χ0n) is 12.5. The summed E-state index contributed by atoms with van der Waals surface area (Å²) in [6.45, 7) is 0. The summed E-state index contributed by atoms with van der Waals surface area (Å²) in [6, 6.07) is 11.5. The summed E-state index contributed by atoms with van der Waals surface area (Å²) < 4.78 is 29.2. The SMILES string of the molecule is COc1ccc(-c2nc3ccccc3c(=O)[nH]2)c(S(C)(=O)=O)c1. The molecule has 0 saturated carbocycles. The van der Waals surface area contributed by atoms with E-state index in [4.69, 9.17) is 4.74 Å². The molecule has 0 spiro atoms. The number of hydrogen-bond donors (Lipinski definition) is 1. The van der Waals surface area contributed by atoms with Gasteiger partial charge in [-0.1, -0.05) is 12.1 Å². The molecule has 0 aliphatic heterocycles. The molecule has 0 fully saturated rings. The van der Waals surface area contributed by atoms with E-state index in [1.807, 2.05) is 0 Å². The molecule has 0 aliphatic carbocycles. The zero-order chi connectivity index (χ0) is 16.6. The lowest BCUT2D eigenvalue weighted by Crippen LogP contribution is -2.11. The normalized spacial score (nSPS) is 11.6. The van der Waals surface area contributed by atoms with Crippen molar-refractivity contribution in [3.63, 3.8) is 0 Å². The molecule has 118 valence electrons. The monoisotopic (exact) mass is 330 g/mol. The predicted molar refractivity (Wildman–Crippen MR) is 87.5 cm³/mol. The van der Waals surface area contributed by atoms with Gasteiger partial charge in [-0.15, -0.1) is 0 Å². The molecule has 0 amide bonds. The van der Waals surface area contributed by atoms with Gasteiger partial charge in [0.25, 0.3) is 5.56 Å². The van der Waals surface area contributed by atoms with Crippen LogP contribution in [0.4, 0.5) is 0 Å². The summed E-state index contributed by atoms with van der Waals surface area (Å²) in [4.78, 5) is 19.3. The van der Waals surface area contributed by atoms with Crippen LogP contribution in [0.15, 0.2) is 52.2 Å². The van der Waals surface area contributed by atoms with Gasteiger partial charge in [0.1, 0.15) is 11.6 Å². The third-order valence-electron chi connectivity index (χ3n) is 3.46. The quantitative estimate of drug-likeness (QED) is 0.793. The van der Waals surface area contributed by atoms with Gasteiger partial charge in [-0.2, -0.15) is 0 Å². The molecule has 1 aromatic heterocycles. The van der Waals surface area contributed by atoms with Crippen LogP contribution < -0.4 is 10.3 Å². The molecule has 0 saturated heterocycles. The predicted octanol–water partition coefficient (Wildman–Crippen LogP) is 2.00. The minimum atomic E-state index is -3.52. The van der Waals surface area contributed by atoms with Gasteiger partial charge in [-0.25, -0.2) is 13.4 Å². The molecule has 23 heavy (non-hydrogen) atoms. The highest BCUT2D eigenvalue weighted by Crippen LogP contribution is 2.28. The molecule has 1 heterocycles. The Bertz CT molecular complexity index is 1060. The van der Waals surface area contributed by atoms with Crippen LogP contribution in [0.5, 0.6) is 5.75 Å². The van der Waals surface area contributed by atoms with Gasteiger partial charge in [0.15, 0.2) is 9.84 Å². The van der Waals surface area contributed by atoms with Crippen molar-refractivity contribution >= 4 is 20.7 Å². The van der Waals surface area contributed by atoms with Crippen LogP contribution in [0.3, 0.4) is 0 Å². The van der Waals surface area contributed by atoms with Crippen molar-refractivity contribution in [1.82, 2.24) is 9.97 Å². The Kier molecular flexibility index (Phi) is 3.65. The smallest absolute Gasteiger partial charge is 0.259 e. The van der Waals surface area contributed by atoms with Crippen LogP contribution >= 0.6 is 0 Å². The van der Waals surface area contributed by atoms with Gasteiger partial charge in [-0.05, 0) is 30.3 Å². The van der Waals surface area contributed by atoms with E-state index in [0.29, 0.717) is 22.2 Å². The zero-order valence-corrected chi connectivity index (χ0v) is 13.3. The minimum Gasteiger partial charge on any atom is -0.497 e. The van der Waals surface area contributed by atoms with Gasteiger partial charge >= 0.3 is 0 Å². The first-order valence-corrected chi connectivity index (χ1v) is 8.67. The van der Waals surface area contributed by atoms with Crippen molar-refractivity contribution in [2.45, 2.75) is 4.90 Å². The molecule has 0 unspecified atom stereocenters. The van der Waals surface area contributed by atoms with Gasteiger partial charge in [-0.3, -0.25) is 4.79 Å². The van der Waals surface area contributed by atoms with Crippen molar-refractivity contribution in [3.8, 4) is 17.1 Å². The second kappa shape index (κ2) is 5.51. The van der Waals surface area contributed by atoms with Crippen LogP contribution in [-0.2, 0) is 9.84 Å². The van der Waals surface area contributed by atoms with E-state index in [0.717, 1.165) is 6.26 Å². The molecule has 0 bridgehead atoms. The van der Waals surface area contributed by atoms with Crippen molar-refractivity contribution in [1.29, 1.82) is 0 Å². The van der Waals surface area contributed by atoms with Crippen molar-refractivity contribution in [2.24, 2.45) is 0 Å². The number of fused-ring (bicyclic) bond motifs is 1. The molecule has 3 aromatic rings. The molecule has 7 heteroatoms. The Balaban J connectivity index is 2.33. The lowest BCUT2D eigenvalue weighted by atomic mass is 10.2. The number of hydrogen-bond acceptors (Lipinski definition) is 5. The van der Waals surface area contributed by atoms with Crippen LogP contribution in [0.1, 0.15) is 0 Å². The molecule has 0 atom stereocenters. The highest BCUT2D eigenvalue weighted by Gasteiger charge is 2.18. The van der Waals surface area contributed by atoms with E-state index in [2.05, 4.69) is 9.97 Å². The van der Waals surface area contributed by atoms with Crippen LogP contribution in [0, 0.1) is 0 Å². The summed E-state index contributed by atoms with van der Waals surface area (Å²) in [7, 11) is -2.07. The minimum absolute atomic E-state index is 0.0512. The number of sulfone groups is 1. The number of nitrogens with zero attached hydrogens (tertiary/aromatic N) is 1. The number of rotatable bonds is 3. The number of aromatic nitrogens is 2. The summed E-state index contributed by atoms with van der Waals surface area (Å²) >= 11 is 0. The fourth-order valence-electron chi connectivity index (χ4n) is 2.35. The second-order valence-electron chi connectivity index (χ2n) is 5.07. The molecule has 2 aromatic carbocycles. The van der Waals surface area contributed by atoms with E-state index in [1.54, 1.807) is 36.4 Å². The lowest BCUT2D eigenvalue weighted by molar-refractivity contribution is 0.413. The summed E-state index contributed by atoms with van der Waals surface area (Å²) in [5.74, 6) is 0.620. The largest absolute Gasteiger partial charge is 0.497 e. The Hall–Kier alpha value is -2.67. The van der Waals surface area contributed by atoms with Gasteiger partial charge in [0, 0.05) is 11.8 Å². The molecule has 3 rings (SSSR count). The van der Waals surface area contributed by atoms with E-state index >= 15 is 0 Å². The molecule has 0 radical (unpaired) electrons. The van der Waals surface area contributed by atoms with E-state index in [9.17, 15) is 13.2 Å². The van der Waals surface area contributed by atoms with Gasteiger partial charge in [0.05, 0.1) is 22.9 Å². The maximum atomic E-state index is 12.2. The highest BCUT2D eigenvalue weighted by molar-refractivity contribution is 7.90. The topological polar surface area (TPSA) is 89.1 Å². The number of ether oxygens (including phenoxy) is 1. The Morgan fingerprint density at radius 2 is 1.87 bits per heavy atom. The molecular formula is C16H14N2O4S. The van der Waals surface area contributed by atoms with Gasteiger partial charge < -0.3 is 9.72 Å². The third-order valence-corrected chi connectivity index (χ3v) is 4.59. The molecular weight excluding hydrogens is 316 g/mol. The average Bonchev–Trinajstić information content (AvgIpc) is 2.53. The summed E-state index contributed by atoms with van der Waals surface area (Å²) in [6.07, 6.45) is 1.10. The first-order chi connectivity index (χ1) is 10.9. The second-order valence-corrected chi connectivity index (χ2v) is 7.05. The maximum absolute atomic E-state index is 12.2. The molecule has 1 N–H and O–H groups in total. The molecule has 6 nitrogen and oxygen atoms in total. The van der Waals surface area contributed by atoms with E-state index < -0.39 is 9.84 Å². The number of para-hydroxylation sites is 1. The third kappa shape index (κ3) is 2.83. The number of nitrogens with one attached hydrogen (secondary N) is 1. The van der Waals surface area contributed by atoms with Gasteiger partial charge in [0.2, 0.25) is 0 Å². The van der Waals surface area contributed by atoms with Crippen LogP contribution in [0.2, 0.25) is 0 Å². The van der Waals surface area contributed by atoms with Crippen LogP contribution in [-0.4, -0.2) is 31.8 Å². The average molecular weight is 330 g/mol. The fourth-order valence-corrected chi connectivity index (χ4v) is 3.24.